The Balaban J connectivity index is 0.00000127. The van der Waals surface area contributed by atoms with Crippen molar-refractivity contribution in [3.05, 3.63) is 70.4 Å². The van der Waals surface area contributed by atoms with Crippen LogP contribution in [0.25, 0.3) is 22.4 Å². The number of aryl methyl sites for hydroxylation is 1. The second kappa shape index (κ2) is 18.4. The van der Waals surface area contributed by atoms with Gasteiger partial charge in [-0.1, -0.05) is 49.1 Å². The zero-order valence-corrected chi connectivity index (χ0v) is 27.3. The van der Waals surface area contributed by atoms with E-state index in [0.29, 0.717) is 29.7 Å². The van der Waals surface area contributed by atoms with E-state index < -0.39 is 6.16 Å². The Morgan fingerprint density at radius 1 is 1.02 bits per heavy atom. The molecular formula is C33H43Cl2N3O6. The molecule has 1 fully saturated rings. The number of hydrogen-bond acceptors (Lipinski definition) is 6. The minimum atomic E-state index is -1.83. The molecule has 11 heteroatoms. The van der Waals surface area contributed by atoms with Crippen molar-refractivity contribution in [2.75, 3.05) is 34.4 Å². The fraction of sp³-hybridized carbons (Fsp3) is 0.424. The largest absolute Gasteiger partial charge is 0.503 e. The summed E-state index contributed by atoms with van der Waals surface area (Å²) in [4.78, 5) is 28.9. The summed E-state index contributed by atoms with van der Waals surface area (Å²) < 4.78 is 11.4. The molecule has 0 aliphatic heterocycles. The van der Waals surface area contributed by atoms with Gasteiger partial charge in [0.25, 0.3) is 5.91 Å². The molecule has 3 N–H and O–H groups in total. The van der Waals surface area contributed by atoms with Gasteiger partial charge in [-0.3, -0.25) is 4.79 Å². The summed E-state index contributed by atoms with van der Waals surface area (Å²) in [6, 6.07) is 16.1. The van der Waals surface area contributed by atoms with Crippen LogP contribution in [0.3, 0.4) is 0 Å². The van der Waals surface area contributed by atoms with Crippen molar-refractivity contribution < 1.29 is 29.3 Å². The summed E-state index contributed by atoms with van der Waals surface area (Å²) in [5.41, 5.74) is 6.17. The predicted octanol–water partition coefficient (Wildman–Crippen LogP) is 7.56. The molecule has 1 saturated carbocycles. The molecule has 0 bridgehead atoms. The van der Waals surface area contributed by atoms with Crippen LogP contribution in [-0.2, 0) is 11.3 Å². The summed E-state index contributed by atoms with van der Waals surface area (Å²) in [6.45, 7) is 4.09. The Morgan fingerprint density at radius 2 is 1.73 bits per heavy atom. The molecule has 4 rings (SSSR count). The van der Waals surface area contributed by atoms with E-state index >= 15 is 0 Å². The molecule has 1 aliphatic rings. The molecule has 44 heavy (non-hydrogen) atoms. The van der Waals surface area contributed by atoms with Crippen molar-refractivity contribution in [3.8, 4) is 28.1 Å². The van der Waals surface area contributed by atoms with Crippen LogP contribution in [-0.4, -0.2) is 72.6 Å². The van der Waals surface area contributed by atoms with Crippen molar-refractivity contribution in [3.63, 3.8) is 0 Å². The number of ether oxygens (including phenoxy) is 2. The minimum Gasteiger partial charge on any atom is -0.492 e. The van der Waals surface area contributed by atoms with Gasteiger partial charge in [-0.05, 0) is 87.3 Å². The van der Waals surface area contributed by atoms with Gasteiger partial charge in [0, 0.05) is 30.8 Å². The lowest BCUT2D eigenvalue weighted by atomic mass is 9.93. The Labute approximate surface area is 271 Å². The quantitative estimate of drug-likeness (QED) is 0.182. The molecule has 0 spiro atoms. The Kier molecular flexibility index (Phi) is 15.4. The number of methoxy groups -OCH3 is 1. The average Bonchev–Trinajstić information content (AvgIpc) is 2.97. The lowest BCUT2D eigenvalue weighted by molar-refractivity contribution is 0.0922. The van der Waals surface area contributed by atoms with Crippen molar-refractivity contribution in [1.29, 1.82) is 0 Å². The van der Waals surface area contributed by atoms with E-state index in [2.05, 4.69) is 35.3 Å². The number of pyridine rings is 1. The van der Waals surface area contributed by atoms with E-state index in [1.807, 2.05) is 44.4 Å². The fourth-order valence-corrected chi connectivity index (χ4v) is 5.24. The Bertz CT molecular complexity index is 1380. The smallest absolute Gasteiger partial charge is 0.492 e. The van der Waals surface area contributed by atoms with Gasteiger partial charge in [-0.15, -0.1) is 12.4 Å². The molecule has 3 aromatic rings. The predicted molar refractivity (Wildman–Crippen MR) is 176 cm³/mol. The molecule has 1 amide bonds. The van der Waals surface area contributed by atoms with Gasteiger partial charge in [-0.25, -0.2) is 9.78 Å². The molecule has 1 heterocycles. The number of carbonyl (C=O) groups is 2. The van der Waals surface area contributed by atoms with Crippen LogP contribution in [0, 0.1) is 6.92 Å². The van der Waals surface area contributed by atoms with E-state index in [-0.39, 0.29) is 24.4 Å². The van der Waals surface area contributed by atoms with Crippen molar-refractivity contribution in [2.45, 2.75) is 58.1 Å². The maximum absolute atomic E-state index is 13.3. The Morgan fingerprint density at radius 3 is 2.39 bits per heavy atom. The van der Waals surface area contributed by atoms with Gasteiger partial charge in [-0.2, -0.15) is 0 Å². The Hall–Kier alpha value is -3.37. The summed E-state index contributed by atoms with van der Waals surface area (Å²) in [5, 5.41) is 17.7. The minimum absolute atomic E-state index is 0. The second-order valence-corrected chi connectivity index (χ2v) is 11.3. The van der Waals surface area contributed by atoms with E-state index in [9.17, 15) is 4.79 Å². The summed E-state index contributed by atoms with van der Waals surface area (Å²) in [6.07, 6.45) is 4.64. The number of nitrogens with one attached hydrogen (secondary N) is 1. The molecule has 0 unspecified atom stereocenters. The first-order chi connectivity index (χ1) is 20.6. The number of nitrogens with zero attached hydrogens (tertiary/aromatic N) is 2. The third kappa shape index (κ3) is 11.3. The first-order valence-corrected chi connectivity index (χ1v) is 14.9. The number of benzene rings is 2. The van der Waals surface area contributed by atoms with Crippen LogP contribution < -0.4 is 10.1 Å². The number of carboxylic acid groups (broad SMARTS) is 2. The molecule has 2 aromatic carbocycles. The van der Waals surface area contributed by atoms with Crippen LogP contribution in [0.4, 0.5) is 4.79 Å². The highest BCUT2D eigenvalue weighted by atomic mass is 35.5. The van der Waals surface area contributed by atoms with Crippen LogP contribution in [0.1, 0.15) is 60.1 Å². The van der Waals surface area contributed by atoms with Crippen molar-refractivity contribution in [1.82, 2.24) is 15.2 Å². The maximum Gasteiger partial charge on any atom is 0.503 e. The highest BCUT2D eigenvalue weighted by molar-refractivity contribution is 6.32. The summed E-state index contributed by atoms with van der Waals surface area (Å²) in [7, 11) is 5.78. The second-order valence-electron chi connectivity index (χ2n) is 10.9. The molecule has 0 atom stereocenters. The number of amides is 1. The highest BCUT2D eigenvalue weighted by Crippen LogP contribution is 2.37. The van der Waals surface area contributed by atoms with Crippen LogP contribution in [0.15, 0.2) is 48.5 Å². The molecule has 9 nitrogen and oxygen atoms in total. The van der Waals surface area contributed by atoms with Crippen molar-refractivity contribution in [2.24, 2.45) is 0 Å². The topological polar surface area (TPSA) is 121 Å². The maximum atomic E-state index is 13.3. The monoisotopic (exact) mass is 647 g/mol. The van der Waals surface area contributed by atoms with Crippen LogP contribution in [0.5, 0.6) is 5.75 Å². The van der Waals surface area contributed by atoms with E-state index in [4.69, 9.17) is 41.1 Å². The van der Waals surface area contributed by atoms with Crippen molar-refractivity contribution >= 4 is 36.1 Å². The number of rotatable bonds is 11. The third-order valence-electron chi connectivity index (χ3n) is 7.18. The van der Waals surface area contributed by atoms with Gasteiger partial charge in [0.2, 0.25) is 0 Å². The highest BCUT2D eigenvalue weighted by Gasteiger charge is 2.20. The number of halogens is 2. The molecule has 240 valence electrons. The number of hydrogen-bond donors (Lipinski definition) is 3. The molecule has 0 saturated heterocycles. The standard InChI is InChI=1S/C32H40ClN3O3.CH2O3.ClH/c1-22-11-12-23(21-38-4)19-27(22)26-14-16-29(32(37)34-25-9-6-5-7-10-25)35-31(26)24-13-15-28(33)30(20-24)39-18-8-17-36(2)3;2-1(3)4;/h11-16,19-20,25H,5-10,17-18,21H2,1-4H3,(H,34,37);(H2,2,3,4);1H. The van der Waals surface area contributed by atoms with Gasteiger partial charge < -0.3 is 29.9 Å². The van der Waals surface area contributed by atoms with Crippen LogP contribution >= 0.6 is 24.0 Å². The molecule has 1 aliphatic carbocycles. The van der Waals surface area contributed by atoms with E-state index in [0.717, 1.165) is 72.2 Å². The zero-order valence-electron chi connectivity index (χ0n) is 25.8. The number of aromatic nitrogens is 1. The third-order valence-corrected chi connectivity index (χ3v) is 7.50. The number of carbonyl (C=O) groups excluding carboxylic acids is 1. The van der Waals surface area contributed by atoms with E-state index in [1.54, 1.807) is 7.11 Å². The zero-order chi connectivity index (χ0) is 31.4. The van der Waals surface area contributed by atoms with Gasteiger partial charge in [0.1, 0.15) is 11.4 Å². The SMILES string of the molecule is COCc1ccc(C)c(-c2ccc(C(=O)NC3CCCCC3)nc2-c2ccc(Cl)c(OCCCN(C)C)c2)c1.Cl.O=C(O)O. The lowest BCUT2D eigenvalue weighted by Gasteiger charge is -2.23. The summed E-state index contributed by atoms with van der Waals surface area (Å²) >= 11 is 6.52. The van der Waals surface area contributed by atoms with Gasteiger partial charge in [0.05, 0.1) is 23.9 Å². The molecule has 1 aromatic heterocycles. The first kappa shape index (κ1) is 36.8. The molecular weight excluding hydrogens is 605 g/mol. The fourth-order valence-electron chi connectivity index (χ4n) is 5.07. The normalized spacial score (nSPS) is 13.0. The average molecular weight is 649 g/mol. The lowest BCUT2D eigenvalue weighted by Crippen LogP contribution is -2.36. The summed E-state index contributed by atoms with van der Waals surface area (Å²) in [5.74, 6) is 0.483. The van der Waals surface area contributed by atoms with Gasteiger partial charge in [0.15, 0.2) is 0 Å². The first-order valence-electron chi connectivity index (χ1n) is 14.5. The van der Waals surface area contributed by atoms with Gasteiger partial charge >= 0.3 is 6.16 Å². The van der Waals surface area contributed by atoms with Crippen LogP contribution in [0.2, 0.25) is 5.02 Å². The molecule has 0 radical (unpaired) electrons. The van der Waals surface area contributed by atoms with E-state index in [1.165, 1.54) is 6.42 Å².